The largest absolute Gasteiger partial charge is 0.0826 e. The number of hydrogen-bond acceptors (Lipinski definition) is 3. The minimum absolute atomic E-state index is 1.35. The van der Waals surface area contributed by atoms with Gasteiger partial charge >= 0.3 is 0 Å². The summed E-state index contributed by atoms with van der Waals surface area (Å²) in [5.41, 5.74) is 0. The summed E-state index contributed by atoms with van der Waals surface area (Å²) in [6.07, 6.45) is 23.0. The third-order valence-electron chi connectivity index (χ3n) is 4.26. The summed E-state index contributed by atoms with van der Waals surface area (Å²) in [6, 6.07) is 0. The molecule has 0 fully saturated rings. The van der Waals surface area contributed by atoms with Crippen LogP contribution in [0.1, 0.15) is 117 Å². The van der Waals surface area contributed by atoms with E-state index in [4.69, 9.17) is 0 Å². The zero-order valence-electron chi connectivity index (χ0n) is 16.0. The molecule has 0 heterocycles. The van der Waals surface area contributed by atoms with E-state index in [1.165, 1.54) is 114 Å². The monoisotopic (exact) mass is 378 g/mol. The summed E-state index contributed by atoms with van der Waals surface area (Å²) in [7, 11) is 6.19. The van der Waals surface area contributed by atoms with Crippen molar-refractivity contribution in [2.24, 2.45) is 0 Å². The quantitative estimate of drug-likeness (QED) is 0.153. The first kappa shape index (κ1) is 24.1. The molecule has 0 aliphatic rings. The van der Waals surface area contributed by atoms with Crippen molar-refractivity contribution in [3.8, 4) is 0 Å². The van der Waals surface area contributed by atoms with Crippen molar-refractivity contribution in [3.63, 3.8) is 0 Å². The van der Waals surface area contributed by atoms with Gasteiger partial charge in [0.25, 0.3) is 0 Å². The van der Waals surface area contributed by atoms with Crippen molar-refractivity contribution in [2.75, 3.05) is 11.5 Å². The van der Waals surface area contributed by atoms with Gasteiger partial charge in [0, 0.05) is 11.5 Å². The van der Waals surface area contributed by atoms with Crippen molar-refractivity contribution < 1.29 is 0 Å². The standard InChI is InChI=1S/C20H42S3/c1-3-5-7-9-11-12-13-14-16-18-20-22-23-21-19-17-15-10-8-6-4-2/h3-20H2,1-2H3. The lowest BCUT2D eigenvalue weighted by molar-refractivity contribution is 0.563. The second-order valence-corrected chi connectivity index (χ2v) is 11.1. The predicted octanol–water partition coefficient (Wildman–Crippen LogP) is 9.30. The van der Waals surface area contributed by atoms with Gasteiger partial charge in [-0.2, -0.15) is 0 Å². The maximum absolute atomic E-state index is 2.30. The molecule has 0 aliphatic heterocycles. The zero-order valence-corrected chi connectivity index (χ0v) is 18.4. The molecule has 0 N–H and O–H groups in total. The SMILES string of the molecule is CCCCCCCCCCCCSSSCCCCCCCC. The minimum Gasteiger partial charge on any atom is -0.0826 e. The molecule has 0 radical (unpaired) electrons. The Balaban J connectivity index is 2.92. The van der Waals surface area contributed by atoms with Gasteiger partial charge in [-0.15, -0.1) is 0 Å². The molecule has 0 aliphatic carbocycles. The summed E-state index contributed by atoms with van der Waals surface area (Å²) >= 11 is 0. The van der Waals surface area contributed by atoms with Crippen molar-refractivity contribution in [3.05, 3.63) is 0 Å². The van der Waals surface area contributed by atoms with Crippen LogP contribution < -0.4 is 0 Å². The van der Waals surface area contributed by atoms with Crippen LogP contribution in [0.5, 0.6) is 0 Å². The molecule has 0 aromatic rings. The van der Waals surface area contributed by atoms with Gasteiger partial charge in [-0.05, 0) is 22.7 Å². The van der Waals surface area contributed by atoms with Crippen LogP contribution in [0.2, 0.25) is 0 Å². The second kappa shape index (κ2) is 23.1. The molecule has 23 heavy (non-hydrogen) atoms. The highest BCUT2D eigenvalue weighted by Gasteiger charge is 1.95. The molecule has 0 bridgehead atoms. The van der Waals surface area contributed by atoms with E-state index in [9.17, 15) is 0 Å². The molecule has 0 aromatic heterocycles. The van der Waals surface area contributed by atoms with Crippen LogP contribution in [-0.2, 0) is 0 Å². The normalized spacial score (nSPS) is 11.2. The summed E-state index contributed by atoms with van der Waals surface area (Å²) in [5, 5.41) is 0. The van der Waals surface area contributed by atoms with E-state index < -0.39 is 0 Å². The summed E-state index contributed by atoms with van der Waals surface area (Å²) in [4.78, 5) is 0. The number of hydrogen-bond donors (Lipinski definition) is 0. The van der Waals surface area contributed by atoms with Gasteiger partial charge in [0.2, 0.25) is 0 Å². The fraction of sp³-hybridized carbons (Fsp3) is 1.00. The Hall–Kier alpha value is 1.05. The summed E-state index contributed by atoms with van der Waals surface area (Å²) < 4.78 is 0. The smallest absolute Gasteiger partial charge is 0.00451 e. The Labute approximate surface area is 159 Å². The third-order valence-corrected chi connectivity index (χ3v) is 8.67. The molecule has 0 aromatic carbocycles. The van der Waals surface area contributed by atoms with Gasteiger partial charge < -0.3 is 0 Å². The van der Waals surface area contributed by atoms with Crippen molar-refractivity contribution >= 4 is 31.4 Å². The van der Waals surface area contributed by atoms with E-state index >= 15 is 0 Å². The van der Waals surface area contributed by atoms with Gasteiger partial charge in [-0.25, -0.2) is 0 Å². The van der Waals surface area contributed by atoms with E-state index in [1.54, 1.807) is 0 Å². The van der Waals surface area contributed by atoms with Crippen LogP contribution in [0, 0.1) is 0 Å². The van der Waals surface area contributed by atoms with Crippen LogP contribution in [0.25, 0.3) is 0 Å². The summed E-state index contributed by atoms with van der Waals surface area (Å²) in [5.74, 6) is 2.70. The highest BCUT2D eigenvalue weighted by molar-refractivity contribution is 9.09. The Morgan fingerprint density at radius 1 is 0.391 bits per heavy atom. The molecule has 0 spiro atoms. The minimum atomic E-state index is 1.35. The summed E-state index contributed by atoms with van der Waals surface area (Å²) in [6.45, 7) is 4.59. The zero-order chi connectivity index (χ0) is 16.8. The van der Waals surface area contributed by atoms with Gasteiger partial charge in [-0.3, -0.25) is 0 Å². The molecule has 3 heteroatoms. The van der Waals surface area contributed by atoms with E-state index in [0.717, 1.165) is 0 Å². The lowest BCUT2D eigenvalue weighted by Gasteiger charge is -2.03. The molecule has 0 rings (SSSR count). The van der Waals surface area contributed by atoms with Crippen LogP contribution in [-0.4, -0.2) is 11.5 Å². The molecule has 0 nitrogen and oxygen atoms in total. The Kier molecular flexibility index (Phi) is 24.1. The van der Waals surface area contributed by atoms with Gasteiger partial charge in [0.05, 0.1) is 0 Å². The first-order chi connectivity index (χ1) is 11.4. The fourth-order valence-corrected chi connectivity index (χ4v) is 6.70. The molecule has 0 saturated heterocycles. The molecule has 140 valence electrons. The molecule has 0 amide bonds. The van der Waals surface area contributed by atoms with Gasteiger partial charge in [0.15, 0.2) is 0 Å². The van der Waals surface area contributed by atoms with Crippen LogP contribution >= 0.6 is 31.4 Å². The van der Waals surface area contributed by atoms with Crippen molar-refractivity contribution in [1.29, 1.82) is 0 Å². The van der Waals surface area contributed by atoms with Crippen molar-refractivity contribution in [1.82, 2.24) is 0 Å². The lowest BCUT2D eigenvalue weighted by atomic mass is 10.1. The first-order valence-corrected chi connectivity index (χ1v) is 14.1. The number of rotatable bonds is 20. The first-order valence-electron chi connectivity index (χ1n) is 10.3. The molecule has 0 unspecified atom stereocenters. The van der Waals surface area contributed by atoms with Gasteiger partial charge in [-0.1, -0.05) is 125 Å². The molecular weight excluding hydrogens is 336 g/mol. The highest BCUT2D eigenvalue weighted by atomic mass is 33.5. The maximum Gasteiger partial charge on any atom is 0.00451 e. The lowest BCUT2D eigenvalue weighted by Crippen LogP contribution is -1.83. The Bertz CT molecular complexity index is 177. The highest BCUT2D eigenvalue weighted by Crippen LogP contribution is 2.35. The van der Waals surface area contributed by atoms with E-state index in [0.29, 0.717) is 0 Å². The molecule has 0 atom stereocenters. The van der Waals surface area contributed by atoms with Crippen LogP contribution in [0.3, 0.4) is 0 Å². The Morgan fingerprint density at radius 2 is 0.696 bits per heavy atom. The average molecular weight is 379 g/mol. The number of unbranched alkanes of at least 4 members (excludes halogenated alkanes) is 14. The van der Waals surface area contributed by atoms with Crippen molar-refractivity contribution in [2.45, 2.75) is 117 Å². The Morgan fingerprint density at radius 3 is 1.04 bits per heavy atom. The van der Waals surface area contributed by atoms with Crippen LogP contribution in [0.15, 0.2) is 0 Å². The average Bonchev–Trinajstić information content (AvgIpc) is 2.57. The second-order valence-electron chi connectivity index (χ2n) is 6.66. The predicted molar refractivity (Wildman–Crippen MR) is 118 cm³/mol. The maximum atomic E-state index is 2.30. The van der Waals surface area contributed by atoms with E-state index in [1.807, 2.05) is 9.83 Å². The van der Waals surface area contributed by atoms with Crippen LogP contribution in [0.4, 0.5) is 0 Å². The third kappa shape index (κ3) is 23.1. The molecular formula is C20H42S3. The van der Waals surface area contributed by atoms with Gasteiger partial charge in [0.1, 0.15) is 0 Å². The topological polar surface area (TPSA) is 0 Å². The molecule has 0 saturated carbocycles. The van der Waals surface area contributed by atoms with E-state index in [-0.39, 0.29) is 0 Å². The van der Waals surface area contributed by atoms with E-state index in [2.05, 4.69) is 35.4 Å². The fourth-order valence-electron chi connectivity index (χ4n) is 2.69.